The van der Waals surface area contributed by atoms with E-state index < -0.39 is 0 Å². The first-order chi connectivity index (χ1) is 17.1. The number of nitrogens with zero attached hydrogens (tertiary/aromatic N) is 1. The topological polar surface area (TPSA) is 60.0 Å². The molecule has 2 atom stereocenters. The summed E-state index contributed by atoms with van der Waals surface area (Å²) in [6.07, 6.45) is 1.80. The maximum absolute atomic E-state index is 13.0. The molecule has 1 N–H and O–H groups in total. The molecule has 7 heteroatoms. The largest absolute Gasteiger partial charge is 0.493 e. The predicted molar refractivity (Wildman–Crippen MR) is 138 cm³/mol. The number of hydrogen-bond acceptors (Lipinski definition) is 6. The number of para-hydroxylation sites is 1. The van der Waals surface area contributed by atoms with Crippen molar-refractivity contribution in [1.29, 1.82) is 0 Å². The molecule has 2 aliphatic rings. The minimum absolute atomic E-state index is 0.0484. The monoisotopic (exact) mass is 492 g/mol. The SMILES string of the molecule is COc1cccc(CN2CCC3(CC2)c2ccccc2[C@@H](NC(=O)c2ccsc2)[C@@H]3OC)c1OC. The number of ether oxygens (including phenoxy) is 3. The van der Waals surface area contributed by atoms with Crippen molar-refractivity contribution in [1.82, 2.24) is 10.2 Å². The number of fused-ring (bicyclic) bond motifs is 2. The lowest BCUT2D eigenvalue weighted by molar-refractivity contribution is -0.0122. The van der Waals surface area contributed by atoms with E-state index in [2.05, 4.69) is 40.5 Å². The lowest BCUT2D eigenvalue weighted by Crippen LogP contribution is -2.50. The molecule has 2 heterocycles. The average molecular weight is 493 g/mol. The smallest absolute Gasteiger partial charge is 0.252 e. The van der Waals surface area contributed by atoms with Crippen molar-refractivity contribution in [2.24, 2.45) is 0 Å². The van der Waals surface area contributed by atoms with Crippen molar-refractivity contribution in [3.8, 4) is 11.5 Å². The first-order valence-electron chi connectivity index (χ1n) is 12.0. The molecule has 1 aliphatic heterocycles. The molecule has 3 aromatic rings. The first kappa shape index (κ1) is 23.9. The van der Waals surface area contributed by atoms with Gasteiger partial charge in [-0.15, -0.1) is 0 Å². The molecule has 35 heavy (non-hydrogen) atoms. The van der Waals surface area contributed by atoms with E-state index in [4.69, 9.17) is 14.2 Å². The molecule has 1 saturated heterocycles. The molecular formula is C28H32N2O4S. The molecule has 6 nitrogen and oxygen atoms in total. The molecule has 1 aromatic heterocycles. The lowest BCUT2D eigenvalue weighted by Gasteiger charge is -2.44. The Kier molecular flexibility index (Phi) is 6.82. The maximum atomic E-state index is 13.0. The molecule has 0 saturated carbocycles. The van der Waals surface area contributed by atoms with Crippen LogP contribution in [0.3, 0.4) is 0 Å². The van der Waals surface area contributed by atoms with Gasteiger partial charge in [-0.05, 0) is 54.6 Å². The maximum Gasteiger partial charge on any atom is 0.252 e. The summed E-state index contributed by atoms with van der Waals surface area (Å²) < 4.78 is 17.3. The molecule has 5 rings (SSSR count). The third-order valence-electron chi connectivity index (χ3n) is 7.63. The van der Waals surface area contributed by atoms with Crippen LogP contribution in [0.25, 0.3) is 0 Å². The summed E-state index contributed by atoms with van der Waals surface area (Å²) in [5, 5.41) is 7.11. The molecule has 1 spiro atoms. The summed E-state index contributed by atoms with van der Waals surface area (Å²) in [7, 11) is 5.13. The second-order valence-corrected chi connectivity index (χ2v) is 10.1. The second-order valence-electron chi connectivity index (χ2n) is 9.29. The number of nitrogens with one attached hydrogen (secondary N) is 1. The van der Waals surface area contributed by atoms with Crippen LogP contribution >= 0.6 is 11.3 Å². The summed E-state index contributed by atoms with van der Waals surface area (Å²) in [6, 6.07) is 16.2. The number of carbonyl (C=O) groups excluding carboxylic acids is 1. The molecule has 2 aromatic carbocycles. The highest BCUT2D eigenvalue weighted by Gasteiger charge is 2.54. The van der Waals surface area contributed by atoms with Gasteiger partial charge in [0, 0.05) is 30.0 Å². The van der Waals surface area contributed by atoms with E-state index in [0.717, 1.165) is 49.5 Å². The number of carbonyl (C=O) groups is 1. The van der Waals surface area contributed by atoms with Crippen LogP contribution in [0.15, 0.2) is 59.3 Å². The zero-order chi connectivity index (χ0) is 24.4. The minimum atomic E-state index is -0.173. The number of hydrogen-bond donors (Lipinski definition) is 1. The Morgan fingerprint density at radius 3 is 2.54 bits per heavy atom. The zero-order valence-electron chi connectivity index (χ0n) is 20.5. The fraction of sp³-hybridized carbons (Fsp3) is 0.393. The molecule has 0 radical (unpaired) electrons. The van der Waals surface area contributed by atoms with Gasteiger partial charge in [0.05, 0.1) is 31.9 Å². The highest BCUT2D eigenvalue weighted by molar-refractivity contribution is 7.08. The normalized spacial score (nSPS) is 21.0. The highest BCUT2D eigenvalue weighted by atomic mass is 32.1. The van der Waals surface area contributed by atoms with Crippen LogP contribution in [0.5, 0.6) is 11.5 Å². The number of piperidine rings is 1. The summed E-state index contributed by atoms with van der Waals surface area (Å²) in [4.78, 5) is 15.4. The van der Waals surface area contributed by atoms with E-state index in [9.17, 15) is 4.79 Å². The van der Waals surface area contributed by atoms with Crippen LogP contribution in [0.1, 0.15) is 45.9 Å². The zero-order valence-corrected chi connectivity index (χ0v) is 21.3. The third kappa shape index (κ3) is 4.22. The Morgan fingerprint density at radius 2 is 1.86 bits per heavy atom. The number of thiophene rings is 1. The molecule has 1 fully saturated rings. The van der Waals surface area contributed by atoms with E-state index >= 15 is 0 Å². The number of likely N-dealkylation sites (tertiary alicyclic amines) is 1. The van der Waals surface area contributed by atoms with Crippen LogP contribution in [0, 0.1) is 0 Å². The summed E-state index contributed by atoms with van der Waals surface area (Å²) >= 11 is 1.53. The first-order valence-corrected chi connectivity index (χ1v) is 12.9. The number of amides is 1. The van der Waals surface area contributed by atoms with Gasteiger partial charge in [0.2, 0.25) is 0 Å². The fourth-order valence-electron chi connectivity index (χ4n) is 5.97. The highest BCUT2D eigenvalue weighted by Crippen LogP contribution is 2.52. The van der Waals surface area contributed by atoms with Crippen molar-refractivity contribution < 1.29 is 19.0 Å². The fourth-order valence-corrected chi connectivity index (χ4v) is 6.61. The van der Waals surface area contributed by atoms with Crippen molar-refractivity contribution >= 4 is 17.2 Å². The van der Waals surface area contributed by atoms with Crippen molar-refractivity contribution in [3.05, 3.63) is 81.5 Å². The van der Waals surface area contributed by atoms with Gasteiger partial charge in [0.25, 0.3) is 5.91 Å². The molecule has 184 valence electrons. The predicted octanol–water partition coefficient (Wildman–Crippen LogP) is 4.80. The van der Waals surface area contributed by atoms with E-state index in [1.807, 2.05) is 29.0 Å². The van der Waals surface area contributed by atoms with Gasteiger partial charge in [0.15, 0.2) is 11.5 Å². The van der Waals surface area contributed by atoms with Gasteiger partial charge in [-0.2, -0.15) is 11.3 Å². The van der Waals surface area contributed by atoms with Gasteiger partial charge in [0.1, 0.15) is 0 Å². The van der Waals surface area contributed by atoms with E-state index in [1.165, 1.54) is 22.5 Å². The van der Waals surface area contributed by atoms with Crippen molar-refractivity contribution in [3.63, 3.8) is 0 Å². The van der Waals surface area contributed by atoms with Gasteiger partial charge in [-0.25, -0.2) is 0 Å². The molecule has 0 unspecified atom stereocenters. The van der Waals surface area contributed by atoms with E-state index in [0.29, 0.717) is 5.56 Å². The molecule has 0 bridgehead atoms. The third-order valence-corrected chi connectivity index (χ3v) is 8.31. The van der Waals surface area contributed by atoms with Gasteiger partial charge in [-0.1, -0.05) is 36.4 Å². The van der Waals surface area contributed by atoms with Crippen molar-refractivity contribution in [2.45, 2.75) is 36.9 Å². The Morgan fingerprint density at radius 1 is 1.06 bits per heavy atom. The second kappa shape index (κ2) is 10.0. The van der Waals surface area contributed by atoms with E-state index in [1.54, 1.807) is 21.3 Å². The Labute approximate surface area is 210 Å². The minimum Gasteiger partial charge on any atom is -0.493 e. The Hall–Kier alpha value is -2.87. The molecule has 1 aliphatic carbocycles. The van der Waals surface area contributed by atoms with Crippen LogP contribution in [-0.2, 0) is 16.7 Å². The number of benzene rings is 2. The molecule has 1 amide bonds. The Balaban J connectivity index is 1.37. The number of rotatable bonds is 7. The summed E-state index contributed by atoms with van der Waals surface area (Å²) in [5.74, 6) is 1.51. The van der Waals surface area contributed by atoms with E-state index in [-0.39, 0.29) is 23.5 Å². The van der Waals surface area contributed by atoms with Crippen LogP contribution in [0.2, 0.25) is 0 Å². The summed E-state index contributed by atoms with van der Waals surface area (Å²) in [5.41, 5.74) is 4.17. The standard InChI is InChI=1S/C28H32N2O4S/c1-32-23-10-6-7-19(25(23)33-2)17-30-14-12-28(13-15-30)22-9-5-4-8-21(22)24(26(28)34-3)29-27(31)20-11-16-35-18-20/h4-11,16,18,24,26H,12-15,17H2,1-3H3,(H,29,31)/t24-,26+/m1/s1. The Bertz CT molecular complexity index is 1170. The van der Waals surface area contributed by atoms with Gasteiger partial charge < -0.3 is 19.5 Å². The lowest BCUT2D eigenvalue weighted by atomic mass is 9.71. The number of methoxy groups -OCH3 is 3. The van der Waals surface area contributed by atoms with Gasteiger partial charge in [-0.3, -0.25) is 9.69 Å². The average Bonchev–Trinajstić information content (AvgIpc) is 3.52. The van der Waals surface area contributed by atoms with Crippen LogP contribution in [0.4, 0.5) is 0 Å². The van der Waals surface area contributed by atoms with Crippen LogP contribution < -0.4 is 14.8 Å². The molecular weight excluding hydrogens is 460 g/mol. The quantitative estimate of drug-likeness (QED) is 0.514. The van der Waals surface area contributed by atoms with Crippen molar-refractivity contribution in [2.75, 3.05) is 34.4 Å². The summed E-state index contributed by atoms with van der Waals surface area (Å²) in [6.45, 7) is 2.66. The van der Waals surface area contributed by atoms with Gasteiger partial charge >= 0.3 is 0 Å². The van der Waals surface area contributed by atoms with Crippen LogP contribution in [-0.4, -0.2) is 51.3 Å².